The molecule has 3 aliphatic rings. The molecule has 30 heavy (non-hydrogen) atoms. The lowest BCUT2D eigenvalue weighted by atomic mass is 10.0. The minimum Gasteiger partial charge on any atom is -0.337 e. The summed E-state index contributed by atoms with van der Waals surface area (Å²) in [5.41, 5.74) is 1.89. The molecule has 0 radical (unpaired) electrons. The van der Waals surface area contributed by atoms with Crippen LogP contribution in [0.15, 0.2) is 12.1 Å². The van der Waals surface area contributed by atoms with Crippen LogP contribution >= 0.6 is 0 Å². The van der Waals surface area contributed by atoms with Crippen LogP contribution in [0.1, 0.15) is 56.1 Å². The summed E-state index contributed by atoms with van der Waals surface area (Å²) in [5, 5.41) is 0. The second-order valence-corrected chi connectivity index (χ2v) is 11.0. The average Bonchev–Trinajstić information content (AvgIpc) is 3.48. The Morgan fingerprint density at radius 3 is 2.73 bits per heavy atom. The summed E-state index contributed by atoms with van der Waals surface area (Å²) in [6.07, 6.45) is 6.14. The maximum absolute atomic E-state index is 14.3. The minimum absolute atomic E-state index is 0.0272. The van der Waals surface area contributed by atoms with Gasteiger partial charge in [0.25, 0.3) is 0 Å². The Morgan fingerprint density at radius 2 is 1.97 bits per heavy atom. The number of carbonyl (C=O) groups excluding carboxylic acids is 1. The molecule has 2 fully saturated rings. The standard InChI is InChI=1S/C22H32FN3O3S/c1-16-18-12-19(23)13-21(16)24-30(28,29)10-4-2-3-5-20-15-25(14-18)8-9-26(20)22(27)11-17-6-7-17/h12-13,17,20,24H,2-11,14-15H2,1H3. The van der Waals surface area contributed by atoms with Gasteiger partial charge in [-0.2, -0.15) is 0 Å². The lowest BCUT2D eigenvalue weighted by molar-refractivity contribution is -0.136. The number of hydrogen-bond acceptors (Lipinski definition) is 4. The summed E-state index contributed by atoms with van der Waals surface area (Å²) < 4.78 is 41.8. The van der Waals surface area contributed by atoms with Gasteiger partial charge in [0.2, 0.25) is 15.9 Å². The Labute approximate surface area is 178 Å². The predicted molar refractivity (Wildman–Crippen MR) is 115 cm³/mol. The highest BCUT2D eigenvalue weighted by Gasteiger charge is 2.33. The first-order valence-electron chi connectivity index (χ1n) is 11.1. The molecule has 1 aliphatic carbocycles. The molecule has 1 aromatic rings. The molecular formula is C22H32FN3O3S. The molecule has 1 saturated heterocycles. The summed E-state index contributed by atoms with van der Waals surface area (Å²) in [4.78, 5) is 17.2. The molecular weight excluding hydrogens is 405 g/mol. The van der Waals surface area contributed by atoms with Crippen LogP contribution in [0.4, 0.5) is 10.1 Å². The fourth-order valence-corrected chi connectivity index (χ4v) is 5.87. The van der Waals surface area contributed by atoms with Crippen LogP contribution < -0.4 is 4.72 Å². The molecule has 2 atom stereocenters. The number of anilines is 1. The third-order valence-electron chi connectivity index (χ3n) is 6.64. The summed E-state index contributed by atoms with van der Waals surface area (Å²) in [6, 6.07) is 2.91. The maximum Gasteiger partial charge on any atom is 0.232 e. The van der Waals surface area contributed by atoms with E-state index in [1.807, 2.05) is 6.92 Å². The molecule has 4 bridgehead atoms. The molecule has 166 valence electrons. The van der Waals surface area contributed by atoms with Gasteiger partial charge in [0.05, 0.1) is 11.4 Å². The van der Waals surface area contributed by atoms with Crippen LogP contribution in [-0.4, -0.2) is 55.6 Å². The smallest absolute Gasteiger partial charge is 0.232 e. The quantitative estimate of drug-likeness (QED) is 0.771. The van der Waals surface area contributed by atoms with E-state index in [9.17, 15) is 17.6 Å². The SMILES string of the molecule is Cc1c2cc(F)cc1NS(=O)(=O)CCCCCC1CN(CCN1C(=O)CC1CC1)C2. The lowest BCUT2D eigenvalue weighted by Gasteiger charge is -2.42. The van der Waals surface area contributed by atoms with Gasteiger partial charge in [-0.3, -0.25) is 14.4 Å². The second-order valence-electron chi connectivity index (χ2n) is 9.13. The van der Waals surface area contributed by atoms with Crippen molar-refractivity contribution in [3.8, 4) is 0 Å². The Bertz CT molecular complexity index is 901. The van der Waals surface area contributed by atoms with Crippen molar-refractivity contribution in [2.45, 2.75) is 64.5 Å². The Hall–Kier alpha value is -1.67. The van der Waals surface area contributed by atoms with Crippen molar-refractivity contribution in [1.29, 1.82) is 0 Å². The van der Waals surface area contributed by atoms with Gasteiger partial charge in [-0.05, 0) is 61.8 Å². The average molecular weight is 438 g/mol. The van der Waals surface area contributed by atoms with Gasteiger partial charge in [0, 0.05) is 38.6 Å². The topological polar surface area (TPSA) is 69.7 Å². The molecule has 2 unspecified atom stereocenters. The van der Waals surface area contributed by atoms with E-state index in [0.717, 1.165) is 43.5 Å². The highest BCUT2D eigenvalue weighted by Crippen LogP contribution is 2.34. The van der Waals surface area contributed by atoms with Crippen LogP contribution in [-0.2, 0) is 21.4 Å². The van der Waals surface area contributed by atoms with Crippen molar-refractivity contribution in [1.82, 2.24) is 9.80 Å². The number of benzene rings is 1. The molecule has 1 saturated carbocycles. The Kier molecular flexibility index (Phi) is 6.34. The van der Waals surface area contributed by atoms with Crippen molar-refractivity contribution in [3.05, 3.63) is 29.1 Å². The lowest BCUT2D eigenvalue weighted by Crippen LogP contribution is -2.55. The zero-order valence-electron chi connectivity index (χ0n) is 17.7. The summed E-state index contributed by atoms with van der Waals surface area (Å²) >= 11 is 0. The molecule has 2 heterocycles. The predicted octanol–water partition coefficient (Wildman–Crippen LogP) is 3.26. The highest BCUT2D eigenvalue weighted by molar-refractivity contribution is 7.92. The fourth-order valence-electron chi connectivity index (χ4n) is 4.64. The van der Waals surface area contributed by atoms with Crippen molar-refractivity contribution < 1.29 is 17.6 Å². The van der Waals surface area contributed by atoms with Gasteiger partial charge in [0.1, 0.15) is 5.82 Å². The zero-order chi connectivity index (χ0) is 21.3. The maximum atomic E-state index is 14.3. The summed E-state index contributed by atoms with van der Waals surface area (Å²) in [7, 11) is -3.51. The number of hydrogen-bond donors (Lipinski definition) is 1. The van der Waals surface area contributed by atoms with E-state index in [2.05, 4.69) is 14.5 Å². The number of fused-ring (bicyclic) bond motifs is 4. The highest BCUT2D eigenvalue weighted by atomic mass is 32.2. The number of rotatable bonds is 2. The van der Waals surface area contributed by atoms with Crippen LogP contribution in [0.3, 0.4) is 0 Å². The number of nitrogens with zero attached hydrogens (tertiary/aromatic N) is 2. The molecule has 4 rings (SSSR count). The van der Waals surface area contributed by atoms with Crippen LogP contribution in [0.2, 0.25) is 0 Å². The molecule has 0 spiro atoms. The first-order valence-corrected chi connectivity index (χ1v) is 12.8. The molecule has 1 aromatic carbocycles. The van der Waals surface area contributed by atoms with E-state index in [1.165, 1.54) is 25.0 Å². The zero-order valence-corrected chi connectivity index (χ0v) is 18.5. The van der Waals surface area contributed by atoms with E-state index in [1.54, 1.807) is 0 Å². The van der Waals surface area contributed by atoms with Gasteiger partial charge in [-0.15, -0.1) is 0 Å². The van der Waals surface area contributed by atoms with Crippen molar-refractivity contribution in [2.24, 2.45) is 5.92 Å². The third kappa shape index (κ3) is 5.32. The monoisotopic (exact) mass is 437 g/mol. The van der Waals surface area contributed by atoms with Crippen LogP contribution in [0.5, 0.6) is 0 Å². The van der Waals surface area contributed by atoms with Crippen LogP contribution in [0, 0.1) is 18.7 Å². The first kappa shape index (κ1) is 21.6. The normalized spacial score (nSPS) is 27.1. The van der Waals surface area contributed by atoms with E-state index in [4.69, 9.17) is 0 Å². The van der Waals surface area contributed by atoms with Crippen molar-refractivity contribution >= 4 is 21.6 Å². The van der Waals surface area contributed by atoms with E-state index in [-0.39, 0.29) is 17.7 Å². The number of nitrogens with one attached hydrogen (secondary N) is 1. The third-order valence-corrected chi connectivity index (χ3v) is 7.99. The van der Waals surface area contributed by atoms with E-state index in [0.29, 0.717) is 37.5 Å². The number of amides is 1. The van der Waals surface area contributed by atoms with Crippen molar-refractivity contribution in [2.75, 3.05) is 30.1 Å². The molecule has 1 N–H and O–H groups in total. The molecule has 0 aromatic heterocycles. The summed E-state index contributed by atoms with van der Waals surface area (Å²) in [5.74, 6) is 0.425. The number of sulfonamides is 1. The number of carbonyl (C=O) groups is 1. The van der Waals surface area contributed by atoms with E-state index < -0.39 is 15.8 Å². The molecule has 8 heteroatoms. The van der Waals surface area contributed by atoms with Crippen LogP contribution in [0.25, 0.3) is 0 Å². The molecule has 1 amide bonds. The number of halogens is 1. The summed E-state index contributed by atoms with van der Waals surface area (Å²) in [6.45, 7) is 4.65. The van der Waals surface area contributed by atoms with Gasteiger partial charge in [-0.1, -0.05) is 12.8 Å². The molecule has 6 nitrogen and oxygen atoms in total. The van der Waals surface area contributed by atoms with Gasteiger partial charge in [0.15, 0.2) is 0 Å². The fraction of sp³-hybridized carbons (Fsp3) is 0.682. The first-order chi connectivity index (χ1) is 14.3. The molecule has 2 aliphatic heterocycles. The second kappa shape index (κ2) is 8.83. The Morgan fingerprint density at radius 1 is 1.17 bits per heavy atom. The van der Waals surface area contributed by atoms with Gasteiger partial charge >= 0.3 is 0 Å². The van der Waals surface area contributed by atoms with Gasteiger partial charge in [-0.25, -0.2) is 12.8 Å². The van der Waals surface area contributed by atoms with E-state index >= 15 is 0 Å². The van der Waals surface area contributed by atoms with Crippen molar-refractivity contribution in [3.63, 3.8) is 0 Å². The Balaban J connectivity index is 1.57. The minimum atomic E-state index is -3.51. The number of piperazine rings is 1. The van der Waals surface area contributed by atoms with Gasteiger partial charge < -0.3 is 4.90 Å². The largest absolute Gasteiger partial charge is 0.337 e.